The fourth-order valence-corrected chi connectivity index (χ4v) is 0.952. The predicted octanol–water partition coefficient (Wildman–Crippen LogP) is 1.32. The molecule has 0 aromatic carbocycles. The molecule has 0 fully saturated rings. The fraction of sp³-hybridized carbons (Fsp3) is 0.400. The average Bonchev–Trinajstić information content (AvgIpc) is 1.99. The normalized spacial score (nSPS) is 11.1. The lowest BCUT2D eigenvalue weighted by molar-refractivity contribution is 0.00599. The first kappa shape index (κ1) is 11.3. The largest absolute Gasteiger partial charge is 0.505 e. The Labute approximate surface area is 87.9 Å². The number of hydrogen-bond donors (Lipinski definition) is 2. The van der Waals surface area contributed by atoms with E-state index in [0.29, 0.717) is 5.69 Å². The molecule has 1 rings (SSSR count). The second-order valence-electron chi connectivity index (χ2n) is 4.14. The number of nitrogen functional groups attached to an aromatic ring is 1. The maximum atomic E-state index is 11.5. The van der Waals surface area contributed by atoms with E-state index in [1.54, 1.807) is 20.8 Å². The maximum absolute atomic E-state index is 11.5. The zero-order valence-corrected chi connectivity index (χ0v) is 8.94. The lowest BCUT2D eigenvalue weighted by atomic mass is 10.2. The number of nitrogens with two attached hydrogens (primary N) is 1. The third-order valence-electron chi connectivity index (χ3n) is 1.48. The molecule has 0 aliphatic rings. The lowest BCUT2D eigenvalue weighted by Gasteiger charge is -2.19. The maximum Gasteiger partial charge on any atom is 0.361 e. The number of pyridine rings is 1. The Balaban J connectivity index is 2.92. The molecule has 5 nitrogen and oxygen atoms in total. The van der Waals surface area contributed by atoms with E-state index in [0.717, 1.165) is 0 Å². The number of aromatic nitrogens is 1. The highest BCUT2D eigenvalue weighted by atomic mass is 16.6. The van der Waals surface area contributed by atoms with Gasteiger partial charge in [0.15, 0.2) is 11.4 Å². The Morgan fingerprint density at radius 1 is 1.53 bits per heavy atom. The summed E-state index contributed by atoms with van der Waals surface area (Å²) < 4.78 is 5.04. The molecule has 3 N–H and O–H groups in total. The van der Waals surface area contributed by atoms with Gasteiger partial charge in [0, 0.05) is 6.07 Å². The second-order valence-corrected chi connectivity index (χ2v) is 4.14. The number of carbonyl (C=O) groups is 1. The van der Waals surface area contributed by atoms with Crippen molar-refractivity contribution in [3.8, 4) is 5.75 Å². The molecular weight excluding hydrogens is 196 g/mol. The standard InChI is InChI=1S/C10H14N2O3/c1-10(2,3)15-9(14)8-7(13)4-6(11)5-12-8/h4-5,13H,11H2,1-3H3. The lowest BCUT2D eigenvalue weighted by Crippen LogP contribution is -2.24. The predicted molar refractivity (Wildman–Crippen MR) is 55.5 cm³/mol. The third kappa shape index (κ3) is 3.12. The van der Waals surface area contributed by atoms with Crippen molar-refractivity contribution in [2.75, 3.05) is 5.73 Å². The molecular formula is C10H14N2O3. The smallest absolute Gasteiger partial charge is 0.361 e. The fourth-order valence-electron chi connectivity index (χ4n) is 0.952. The molecule has 0 saturated carbocycles. The highest BCUT2D eigenvalue weighted by molar-refractivity contribution is 5.90. The van der Waals surface area contributed by atoms with Crippen molar-refractivity contribution >= 4 is 11.7 Å². The van der Waals surface area contributed by atoms with E-state index < -0.39 is 11.6 Å². The van der Waals surface area contributed by atoms with E-state index in [9.17, 15) is 9.90 Å². The third-order valence-corrected chi connectivity index (χ3v) is 1.48. The molecule has 0 spiro atoms. The van der Waals surface area contributed by atoms with Crippen molar-refractivity contribution in [2.45, 2.75) is 26.4 Å². The van der Waals surface area contributed by atoms with Crippen LogP contribution in [-0.2, 0) is 4.74 Å². The Bertz CT molecular complexity index is 383. The van der Waals surface area contributed by atoms with E-state index in [-0.39, 0.29) is 11.4 Å². The highest BCUT2D eigenvalue weighted by Gasteiger charge is 2.21. The van der Waals surface area contributed by atoms with Gasteiger partial charge < -0.3 is 15.6 Å². The van der Waals surface area contributed by atoms with E-state index in [4.69, 9.17) is 10.5 Å². The van der Waals surface area contributed by atoms with Crippen LogP contribution in [0.15, 0.2) is 12.3 Å². The molecule has 1 heterocycles. The molecule has 0 aliphatic heterocycles. The Morgan fingerprint density at radius 2 is 2.13 bits per heavy atom. The summed E-state index contributed by atoms with van der Waals surface area (Å²) in [5.41, 5.74) is 4.93. The Kier molecular flexibility index (Phi) is 2.83. The minimum Gasteiger partial charge on any atom is -0.505 e. The SMILES string of the molecule is CC(C)(C)OC(=O)c1ncc(N)cc1O. The van der Waals surface area contributed by atoms with Crippen LogP contribution in [0.25, 0.3) is 0 Å². The van der Waals surface area contributed by atoms with Crippen LogP contribution in [0.2, 0.25) is 0 Å². The van der Waals surface area contributed by atoms with Crippen molar-refractivity contribution in [1.82, 2.24) is 4.98 Å². The quantitative estimate of drug-likeness (QED) is 0.683. The first-order valence-electron chi connectivity index (χ1n) is 4.47. The van der Waals surface area contributed by atoms with Crippen molar-refractivity contribution in [3.63, 3.8) is 0 Å². The molecule has 0 aliphatic carbocycles. The van der Waals surface area contributed by atoms with Crippen molar-refractivity contribution in [1.29, 1.82) is 0 Å². The first-order chi connectivity index (χ1) is 6.79. The van der Waals surface area contributed by atoms with Crippen LogP contribution >= 0.6 is 0 Å². The number of ether oxygens (including phenoxy) is 1. The zero-order chi connectivity index (χ0) is 11.6. The molecule has 0 radical (unpaired) electrons. The van der Waals surface area contributed by atoms with Gasteiger partial charge in [-0.3, -0.25) is 0 Å². The minimum absolute atomic E-state index is 0.126. The summed E-state index contributed by atoms with van der Waals surface area (Å²) in [5, 5.41) is 9.42. The molecule has 0 atom stereocenters. The monoisotopic (exact) mass is 210 g/mol. The Morgan fingerprint density at radius 3 is 2.60 bits per heavy atom. The van der Waals surface area contributed by atoms with E-state index in [2.05, 4.69) is 4.98 Å². The van der Waals surface area contributed by atoms with Gasteiger partial charge in [0.2, 0.25) is 0 Å². The van der Waals surface area contributed by atoms with E-state index in [1.807, 2.05) is 0 Å². The van der Waals surface area contributed by atoms with Gasteiger partial charge in [-0.1, -0.05) is 0 Å². The van der Waals surface area contributed by atoms with Gasteiger partial charge in [0.05, 0.1) is 11.9 Å². The number of carbonyl (C=O) groups excluding carboxylic acids is 1. The van der Waals surface area contributed by atoms with Crippen LogP contribution in [0.3, 0.4) is 0 Å². The van der Waals surface area contributed by atoms with Gasteiger partial charge in [0.1, 0.15) is 5.60 Å². The van der Waals surface area contributed by atoms with Crippen molar-refractivity contribution < 1.29 is 14.6 Å². The van der Waals surface area contributed by atoms with Crippen LogP contribution in [0.4, 0.5) is 5.69 Å². The molecule has 0 unspecified atom stereocenters. The molecule has 1 aromatic rings. The molecule has 82 valence electrons. The number of nitrogens with zero attached hydrogens (tertiary/aromatic N) is 1. The number of hydrogen-bond acceptors (Lipinski definition) is 5. The summed E-state index contributed by atoms with van der Waals surface area (Å²) in [4.78, 5) is 15.2. The molecule has 0 saturated heterocycles. The van der Waals surface area contributed by atoms with Gasteiger partial charge >= 0.3 is 5.97 Å². The van der Waals surface area contributed by atoms with Crippen LogP contribution in [0, 0.1) is 0 Å². The number of aromatic hydroxyl groups is 1. The summed E-state index contributed by atoms with van der Waals surface area (Å²) in [6, 6.07) is 1.26. The van der Waals surface area contributed by atoms with Crippen molar-refractivity contribution in [3.05, 3.63) is 18.0 Å². The van der Waals surface area contributed by atoms with Gasteiger partial charge in [-0.15, -0.1) is 0 Å². The molecule has 5 heteroatoms. The molecule has 0 bridgehead atoms. The molecule has 1 aromatic heterocycles. The minimum atomic E-state index is -0.667. The zero-order valence-electron chi connectivity index (χ0n) is 8.94. The van der Waals surface area contributed by atoms with Crippen LogP contribution in [-0.4, -0.2) is 21.7 Å². The second kappa shape index (κ2) is 3.76. The highest BCUT2D eigenvalue weighted by Crippen LogP contribution is 2.20. The van der Waals surface area contributed by atoms with Gasteiger partial charge in [-0.05, 0) is 20.8 Å². The number of rotatable bonds is 1. The summed E-state index contributed by atoms with van der Waals surface area (Å²) in [5.74, 6) is -0.941. The summed E-state index contributed by atoms with van der Waals surface area (Å²) in [6.07, 6.45) is 1.29. The van der Waals surface area contributed by atoms with Crippen LogP contribution < -0.4 is 5.73 Å². The van der Waals surface area contributed by atoms with Crippen LogP contribution in [0.5, 0.6) is 5.75 Å². The van der Waals surface area contributed by atoms with E-state index in [1.165, 1.54) is 12.3 Å². The van der Waals surface area contributed by atoms with Crippen LogP contribution in [0.1, 0.15) is 31.3 Å². The number of esters is 1. The van der Waals surface area contributed by atoms with E-state index >= 15 is 0 Å². The molecule has 0 amide bonds. The van der Waals surface area contributed by atoms with Gasteiger partial charge in [-0.25, -0.2) is 9.78 Å². The number of anilines is 1. The van der Waals surface area contributed by atoms with Crippen molar-refractivity contribution in [2.24, 2.45) is 0 Å². The topological polar surface area (TPSA) is 85.4 Å². The summed E-state index contributed by atoms with van der Waals surface area (Å²) in [6.45, 7) is 5.21. The average molecular weight is 210 g/mol. The van der Waals surface area contributed by atoms with Gasteiger partial charge in [-0.2, -0.15) is 0 Å². The summed E-state index contributed by atoms with van der Waals surface area (Å²) >= 11 is 0. The summed E-state index contributed by atoms with van der Waals surface area (Å²) in [7, 11) is 0. The first-order valence-corrected chi connectivity index (χ1v) is 4.47. The molecule has 15 heavy (non-hydrogen) atoms. The van der Waals surface area contributed by atoms with Gasteiger partial charge in [0.25, 0.3) is 0 Å². The Hall–Kier alpha value is -1.78.